The Hall–Kier alpha value is -2.07. The SMILES string of the molecule is Cc1cc(OC(C)C)ccc1NC(=O)c1cc(Cl)ccn1. The molecule has 0 saturated heterocycles. The largest absolute Gasteiger partial charge is 0.491 e. The number of hydrogen-bond acceptors (Lipinski definition) is 3. The van der Waals surface area contributed by atoms with Gasteiger partial charge in [0.1, 0.15) is 11.4 Å². The number of carbonyl (C=O) groups is 1. The topological polar surface area (TPSA) is 51.2 Å². The summed E-state index contributed by atoms with van der Waals surface area (Å²) >= 11 is 5.86. The highest BCUT2D eigenvalue weighted by Gasteiger charge is 2.10. The van der Waals surface area contributed by atoms with E-state index in [4.69, 9.17) is 16.3 Å². The van der Waals surface area contributed by atoms with Gasteiger partial charge in [0, 0.05) is 16.9 Å². The van der Waals surface area contributed by atoms with Crippen LogP contribution in [0.3, 0.4) is 0 Å². The van der Waals surface area contributed by atoms with Crippen LogP contribution in [0.15, 0.2) is 36.5 Å². The van der Waals surface area contributed by atoms with Crippen molar-refractivity contribution < 1.29 is 9.53 Å². The van der Waals surface area contributed by atoms with E-state index in [9.17, 15) is 4.79 Å². The van der Waals surface area contributed by atoms with Gasteiger partial charge in [-0.2, -0.15) is 0 Å². The van der Waals surface area contributed by atoms with Gasteiger partial charge in [0.2, 0.25) is 0 Å². The smallest absolute Gasteiger partial charge is 0.274 e. The van der Waals surface area contributed by atoms with Gasteiger partial charge in [-0.25, -0.2) is 0 Å². The van der Waals surface area contributed by atoms with Crippen LogP contribution in [0.1, 0.15) is 29.9 Å². The molecule has 0 aliphatic carbocycles. The molecule has 2 aromatic rings. The lowest BCUT2D eigenvalue weighted by atomic mass is 10.2. The maximum Gasteiger partial charge on any atom is 0.274 e. The molecule has 0 saturated carbocycles. The molecule has 0 fully saturated rings. The first kappa shape index (κ1) is 15.3. The van der Waals surface area contributed by atoms with Gasteiger partial charge in [-0.1, -0.05) is 11.6 Å². The van der Waals surface area contributed by atoms with Gasteiger partial charge in [-0.15, -0.1) is 0 Å². The third-order valence-corrected chi connectivity index (χ3v) is 3.01. The van der Waals surface area contributed by atoms with Gasteiger partial charge in [0.05, 0.1) is 6.10 Å². The van der Waals surface area contributed by atoms with E-state index in [0.29, 0.717) is 5.02 Å². The van der Waals surface area contributed by atoms with Crippen molar-refractivity contribution in [3.05, 3.63) is 52.8 Å². The zero-order chi connectivity index (χ0) is 15.4. The van der Waals surface area contributed by atoms with Crippen molar-refractivity contribution in [3.63, 3.8) is 0 Å². The lowest BCUT2D eigenvalue weighted by Gasteiger charge is -2.13. The minimum absolute atomic E-state index is 0.112. The lowest BCUT2D eigenvalue weighted by Crippen LogP contribution is -2.14. The number of nitrogens with zero attached hydrogens (tertiary/aromatic N) is 1. The number of rotatable bonds is 4. The van der Waals surface area contributed by atoms with Gasteiger partial charge < -0.3 is 10.1 Å². The molecule has 0 unspecified atom stereocenters. The maximum absolute atomic E-state index is 12.1. The molecular formula is C16H17ClN2O2. The summed E-state index contributed by atoms with van der Waals surface area (Å²) in [6.07, 6.45) is 1.62. The van der Waals surface area contributed by atoms with Crippen molar-refractivity contribution in [2.24, 2.45) is 0 Å². The van der Waals surface area contributed by atoms with E-state index in [-0.39, 0.29) is 17.7 Å². The number of carbonyl (C=O) groups excluding carboxylic acids is 1. The number of halogens is 1. The molecule has 21 heavy (non-hydrogen) atoms. The highest BCUT2D eigenvalue weighted by molar-refractivity contribution is 6.30. The van der Waals surface area contributed by atoms with Crippen LogP contribution < -0.4 is 10.1 Å². The zero-order valence-electron chi connectivity index (χ0n) is 12.2. The fourth-order valence-electron chi connectivity index (χ4n) is 1.84. The lowest BCUT2D eigenvalue weighted by molar-refractivity contribution is 0.102. The van der Waals surface area contributed by atoms with Crippen LogP contribution in [0.25, 0.3) is 0 Å². The first-order valence-electron chi connectivity index (χ1n) is 6.66. The van der Waals surface area contributed by atoms with Gasteiger partial charge in [-0.3, -0.25) is 9.78 Å². The van der Waals surface area contributed by atoms with Crippen molar-refractivity contribution in [1.29, 1.82) is 0 Å². The quantitative estimate of drug-likeness (QED) is 0.926. The molecule has 0 spiro atoms. The fraction of sp³-hybridized carbons (Fsp3) is 0.250. The normalized spacial score (nSPS) is 10.5. The molecule has 4 nitrogen and oxygen atoms in total. The van der Waals surface area contributed by atoms with Crippen LogP contribution in [-0.4, -0.2) is 17.0 Å². The third-order valence-electron chi connectivity index (χ3n) is 2.77. The van der Waals surface area contributed by atoms with E-state index in [0.717, 1.165) is 17.0 Å². The van der Waals surface area contributed by atoms with Crippen molar-refractivity contribution in [1.82, 2.24) is 4.98 Å². The zero-order valence-corrected chi connectivity index (χ0v) is 12.9. The highest BCUT2D eigenvalue weighted by Crippen LogP contribution is 2.22. The molecular weight excluding hydrogens is 288 g/mol. The number of aromatic nitrogens is 1. The average Bonchev–Trinajstić information content (AvgIpc) is 2.41. The number of benzene rings is 1. The fourth-order valence-corrected chi connectivity index (χ4v) is 2.00. The van der Waals surface area contributed by atoms with Crippen LogP contribution in [0, 0.1) is 6.92 Å². The van der Waals surface area contributed by atoms with E-state index in [1.165, 1.54) is 12.3 Å². The summed E-state index contributed by atoms with van der Waals surface area (Å²) in [5.41, 5.74) is 1.92. The summed E-state index contributed by atoms with van der Waals surface area (Å²) in [7, 11) is 0. The number of ether oxygens (including phenoxy) is 1. The predicted octanol–water partition coefficient (Wildman–Crippen LogP) is 4.08. The molecule has 0 bridgehead atoms. The number of hydrogen-bond donors (Lipinski definition) is 1. The summed E-state index contributed by atoms with van der Waals surface area (Å²) in [5, 5.41) is 3.30. The number of amides is 1. The number of pyridine rings is 1. The summed E-state index contributed by atoms with van der Waals surface area (Å²) in [6.45, 7) is 5.85. The predicted molar refractivity (Wildman–Crippen MR) is 84.1 cm³/mol. The molecule has 1 N–H and O–H groups in total. The Morgan fingerprint density at radius 3 is 2.67 bits per heavy atom. The van der Waals surface area contributed by atoms with E-state index in [1.54, 1.807) is 6.07 Å². The van der Waals surface area contributed by atoms with Crippen LogP contribution in [0.5, 0.6) is 5.75 Å². The Labute approximate surface area is 129 Å². The van der Waals surface area contributed by atoms with Crippen LogP contribution in [-0.2, 0) is 0 Å². The minimum atomic E-state index is -0.293. The number of nitrogens with one attached hydrogen (secondary N) is 1. The molecule has 1 amide bonds. The van der Waals surface area contributed by atoms with Gasteiger partial charge >= 0.3 is 0 Å². The first-order chi connectivity index (χ1) is 9.95. The Morgan fingerprint density at radius 1 is 1.29 bits per heavy atom. The van der Waals surface area contributed by atoms with Gasteiger partial charge in [0.15, 0.2) is 0 Å². The molecule has 0 aliphatic heterocycles. The maximum atomic E-state index is 12.1. The van der Waals surface area contributed by atoms with Crippen molar-refractivity contribution in [2.75, 3.05) is 5.32 Å². The molecule has 0 atom stereocenters. The minimum Gasteiger partial charge on any atom is -0.491 e. The summed E-state index contributed by atoms with van der Waals surface area (Å²) in [4.78, 5) is 16.1. The first-order valence-corrected chi connectivity index (χ1v) is 7.03. The monoisotopic (exact) mass is 304 g/mol. The molecule has 0 radical (unpaired) electrons. The van der Waals surface area contributed by atoms with Crippen LogP contribution >= 0.6 is 11.6 Å². The van der Waals surface area contributed by atoms with Crippen molar-refractivity contribution in [2.45, 2.75) is 26.9 Å². The Kier molecular flexibility index (Phi) is 4.81. The standard InChI is InChI=1S/C16H17ClN2O2/c1-10(2)21-13-4-5-14(11(3)8-13)19-16(20)15-9-12(17)6-7-18-15/h4-10H,1-3H3,(H,19,20). The van der Waals surface area contributed by atoms with Crippen molar-refractivity contribution >= 4 is 23.2 Å². The summed E-state index contributed by atoms with van der Waals surface area (Å²) in [5.74, 6) is 0.486. The Morgan fingerprint density at radius 2 is 2.05 bits per heavy atom. The Balaban J connectivity index is 2.14. The summed E-state index contributed by atoms with van der Waals surface area (Å²) < 4.78 is 5.61. The molecule has 2 rings (SSSR count). The molecule has 1 aromatic carbocycles. The highest BCUT2D eigenvalue weighted by atomic mass is 35.5. The molecule has 0 aliphatic rings. The van der Waals surface area contributed by atoms with Crippen LogP contribution in [0.4, 0.5) is 5.69 Å². The molecule has 1 aromatic heterocycles. The summed E-state index contributed by atoms with van der Waals surface area (Å²) in [6, 6.07) is 8.69. The number of anilines is 1. The molecule has 5 heteroatoms. The van der Waals surface area contributed by atoms with Gasteiger partial charge in [-0.05, 0) is 56.7 Å². The number of aryl methyl sites for hydroxylation is 1. The second kappa shape index (κ2) is 6.59. The van der Waals surface area contributed by atoms with E-state index >= 15 is 0 Å². The second-order valence-electron chi connectivity index (χ2n) is 4.96. The third kappa shape index (κ3) is 4.20. The second-order valence-corrected chi connectivity index (χ2v) is 5.39. The van der Waals surface area contributed by atoms with Crippen LogP contribution in [0.2, 0.25) is 5.02 Å². The molecule has 110 valence electrons. The van der Waals surface area contributed by atoms with E-state index in [2.05, 4.69) is 10.3 Å². The van der Waals surface area contributed by atoms with E-state index in [1.807, 2.05) is 39.0 Å². The van der Waals surface area contributed by atoms with Crippen molar-refractivity contribution in [3.8, 4) is 5.75 Å². The average molecular weight is 305 g/mol. The Bertz CT molecular complexity index is 656. The van der Waals surface area contributed by atoms with Gasteiger partial charge in [0.25, 0.3) is 5.91 Å². The van der Waals surface area contributed by atoms with E-state index < -0.39 is 0 Å². The molecule has 1 heterocycles.